The van der Waals surface area contributed by atoms with Gasteiger partial charge >= 0.3 is 0 Å². The number of hydrogen-bond acceptors (Lipinski definition) is 3. The second-order valence-corrected chi connectivity index (χ2v) is 3.85. The van der Waals surface area contributed by atoms with E-state index < -0.39 is 23.0 Å². The van der Waals surface area contributed by atoms with Crippen LogP contribution in [0.5, 0.6) is 11.5 Å². The second-order valence-electron chi connectivity index (χ2n) is 3.85. The zero-order valence-electron chi connectivity index (χ0n) is 9.60. The monoisotopic (exact) mass is 232 g/mol. The van der Waals surface area contributed by atoms with Crippen LogP contribution in [0.1, 0.15) is 19.4 Å². The molecule has 0 atom stereocenters. The standard InChI is InChI=1S/C11H14F2O3/c1-11(2,14)6-5-7(15-3)9(13)10(16-4)8(6)12/h5,14H,1-4H3. The molecule has 90 valence electrons. The van der Waals surface area contributed by atoms with Gasteiger partial charge in [0, 0.05) is 5.56 Å². The molecule has 0 fully saturated rings. The summed E-state index contributed by atoms with van der Waals surface area (Å²) in [4.78, 5) is 0. The topological polar surface area (TPSA) is 38.7 Å². The number of hydrogen-bond donors (Lipinski definition) is 1. The zero-order valence-corrected chi connectivity index (χ0v) is 9.60. The predicted molar refractivity (Wildman–Crippen MR) is 54.7 cm³/mol. The van der Waals surface area contributed by atoms with E-state index in [1.807, 2.05) is 0 Å². The van der Waals surface area contributed by atoms with Gasteiger partial charge in [-0.2, -0.15) is 4.39 Å². The Kier molecular flexibility index (Phi) is 3.38. The molecular formula is C11H14F2O3. The van der Waals surface area contributed by atoms with E-state index in [4.69, 9.17) is 4.74 Å². The van der Waals surface area contributed by atoms with Gasteiger partial charge in [0.2, 0.25) is 5.82 Å². The lowest BCUT2D eigenvalue weighted by Gasteiger charge is -2.21. The fourth-order valence-electron chi connectivity index (χ4n) is 1.36. The Bertz CT molecular complexity index is 397. The van der Waals surface area contributed by atoms with Crippen LogP contribution in [0.15, 0.2) is 6.07 Å². The Labute approximate surface area is 92.6 Å². The molecule has 0 amide bonds. The third kappa shape index (κ3) is 2.09. The van der Waals surface area contributed by atoms with Crippen LogP contribution in [0.4, 0.5) is 8.78 Å². The number of ether oxygens (including phenoxy) is 2. The molecule has 0 saturated carbocycles. The molecule has 0 saturated heterocycles. The lowest BCUT2D eigenvalue weighted by molar-refractivity contribution is 0.0733. The van der Waals surface area contributed by atoms with Crippen LogP contribution in [0.2, 0.25) is 0 Å². The lowest BCUT2D eigenvalue weighted by atomic mass is 9.97. The highest BCUT2D eigenvalue weighted by Gasteiger charge is 2.28. The first kappa shape index (κ1) is 12.7. The quantitative estimate of drug-likeness (QED) is 0.868. The minimum absolute atomic E-state index is 0.0809. The molecule has 0 aromatic heterocycles. The Morgan fingerprint density at radius 3 is 2.06 bits per heavy atom. The van der Waals surface area contributed by atoms with Gasteiger partial charge < -0.3 is 14.6 Å². The number of methoxy groups -OCH3 is 2. The third-order valence-corrected chi connectivity index (χ3v) is 2.21. The molecular weight excluding hydrogens is 218 g/mol. The van der Waals surface area contributed by atoms with E-state index in [0.717, 1.165) is 13.2 Å². The van der Waals surface area contributed by atoms with Crippen molar-refractivity contribution in [3.8, 4) is 11.5 Å². The van der Waals surface area contributed by atoms with Crippen LogP contribution in [0.3, 0.4) is 0 Å². The molecule has 3 nitrogen and oxygen atoms in total. The van der Waals surface area contributed by atoms with Crippen LogP contribution >= 0.6 is 0 Å². The maximum absolute atomic E-state index is 13.8. The van der Waals surface area contributed by atoms with Crippen molar-refractivity contribution in [3.63, 3.8) is 0 Å². The molecule has 0 heterocycles. The largest absolute Gasteiger partial charge is 0.494 e. The summed E-state index contributed by atoms with van der Waals surface area (Å²) < 4.78 is 36.7. The van der Waals surface area contributed by atoms with E-state index in [0.29, 0.717) is 0 Å². The Balaban J connectivity index is 3.53. The van der Waals surface area contributed by atoms with Gasteiger partial charge in [-0.25, -0.2) is 4.39 Å². The second kappa shape index (κ2) is 4.25. The first-order valence-corrected chi connectivity index (χ1v) is 4.65. The summed E-state index contributed by atoms with van der Waals surface area (Å²) in [6.07, 6.45) is 0. The van der Waals surface area contributed by atoms with Crippen LogP contribution in [-0.4, -0.2) is 19.3 Å². The molecule has 16 heavy (non-hydrogen) atoms. The van der Waals surface area contributed by atoms with E-state index in [9.17, 15) is 13.9 Å². The summed E-state index contributed by atoms with van der Waals surface area (Å²) in [6, 6.07) is 1.12. The van der Waals surface area contributed by atoms with Crippen molar-refractivity contribution in [2.24, 2.45) is 0 Å². The molecule has 0 unspecified atom stereocenters. The van der Waals surface area contributed by atoms with E-state index in [-0.39, 0.29) is 11.3 Å². The summed E-state index contributed by atoms with van der Waals surface area (Å²) in [5.74, 6) is -2.57. The highest BCUT2D eigenvalue weighted by Crippen LogP contribution is 2.36. The van der Waals surface area contributed by atoms with Gasteiger partial charge in [-0.05, 0) is 19.9 Å². The van der Waals surface area contributed by atoms with E-state index >= 15 is 0 Å². The molecule has 1 N–H and O–H groups in total. The average Bonchev–Trinajstić information content (AvgIpc) is 2.17. The first-order valence-electron chi connectivity index (χ1n) is 4.65. The van der Waals surface area contributed by atoms with Crippen LogP contribution in [-0.2, 0) is 5.60 Å². The van der Waals surface area contributed by atoms with Crippen LogP contribution in [0.25, 0.3) is 0 Å². The normalized spacial score (nSPS) is 11.4. The van der Waals surface area contributed by atoms with Crippen molar-refractivity contribution in [1.82, 2.24) is 0 Å². The molecule has 0 spiro atoms. The molecule has 1 aromatic rings. The summed E-state index contributed by atoms with van der Waals surface area (Å²) >= 11 is 0. The van der Waals surface area contributed by atoms with Gasteiger partial charge in [0.15, 0.2) is 17.3 Å². The number of halogens is 2. The predicted octanol–water partition coefficient (Wildman–Crippen LogP) is 2.21. The fraction of sp³-hybridized carbons (Fsp3) is 0.455. The fourth-order valence-corrected chi connectivity index (χ4v) is 1.36. The SMILES string of the molecule is COc1cc(C(C)(C)O)c(F)c(OC)c1F. The Morgan fingerprint density at radius 2 is 1.69 bits per heavy atom. The number of aliphatic hydroxyl groups is 1. The van der Waals surface area contributed by atoms with Crippen LogP contribution < -0.4 is 9.47 Å². The van der Waals surface area contributed by atoms with E-state index in [1.54, 1.807) is 0 Å². The van der Waals surface area contributed by atoms with Gasteiger partial charge in [0.05, 0.1) is 19.8 Å². The minimum atomic E-state index is -1.45. The summed E-state index contributed by atoms with van der Waals surface area (Å²) in [5.41, 5.74) is -1.53. The zero-order chi connectivity index (χ0) is 12.5. The molecule has 0 aliphatic rings. The Morgan fingerprint density at radius 1 is 1.12 bits per heavy atom. The van der Waals surface area contributed by atoms with Gasteiger partial charge in [0.1, 0.15) is 0 Å². The summed E-state index contributed by atoms with van der Waals surface area (Å²) in [5, 5.41) is 9.73. The van der Waals surface area contributed by atoms with Crippen molar-refractivity contribution in [2.75, 3.05) is 14.2 Å². The van der Waals surface area contributed by atoms with Gasteiger partial charge in [0.25, 0.3) is 0 Å². The van der Waals surface area contributed by atoms with Crippen molar-refractivity contribution in [3.05, 3.63) is 23.3 Å². The number of rotatable bonds is 3. The first-order chi connectivity index (χ1) is 7.32. The summed E-state index contributed by atoms with van der Waals surface area (Å²) in [7, 11) is 2.40. The molecule has 0 aliphatic heterocycles. The molecule has 0 bridgehead atoms. The highest BCUT2D eigenvalue weighted by atomic mass is 19.1. The highest BCUT2D eigenvalue weighted by molar-refractivity contribution is 5.44. The number of benzene rings is 1. The van der Waals surface area contributed by atoms with Gasteiger partial charge in [-0.1, -0.05) is 0 Å². The molecule has 1 aromatic carbocycles. The van der Waals surface area contributed by atoms with Crippen molar-refractivity contribution < 1.29 is 23.4 Å². The van der Waals surface area contributed by atoms with Crippen molar-refractivity contribution in [1.29, 1.82) is 0 Å². The smallest absolute Gasteiger partial charge is 0.209 e. The van der Waals surface area contributed by atoms with E-state index in [2.05, 4.69) is 4.74 Å². The lowest BCUT2D eigenvalue weighted by Crippen LogP contribution is -2.19. The van der Waals surface area contributed by atoms with E-state index in [1.165, 1.54) is 21.0 Å². The Hall–Kier alpha value is -1.36. The molecule has 1 rings (SSSR count). The maximum Gasteiger partial charge on any atom is 0.209 e. The summed E-state index contributed by atoms with van der Waals surface area (Å²) in [6.45, 7) is 2.78. The minimum Gasteiger partial charge on any atom is -0.494 e. The molecule has 0 aliphatic carbocycles. The maximum atomic E-state index is 13.8. The average molecular weight is 232 g/mol. The third-order valence-electron chi connectivity index (χ3n) is 2.21. The van der Waals surface area contributed by atoms with Crippen LogP contribution in [0, 0.1) is 11.6 Å². The van der Waals surface area contributed by atoms with Crippen molar-refractivity contribution in [2.45, 2.75) is 19.4 Å². The molecule has 0 radical (unpaired) electrons. The van der Waals surface area contributed by atoms with Crippen molar-refractivity contribution >= 4 is 0 Å². The molecule has 5 heteroatoms. The van der Waals surface area contributed by atoms with Gasteiger partial charge in [-0.3, -0.25) is 0 Å². The van der Waals surface area contributed by atoms with Gasteiger partial charge in [-0.15, -0.1) is 0 Å².